The van der Waals surface area contributed by atoms with E-state index in [4.69, 9.17) is 0 Å². The highest BCUT2D eigenvalue weighted by Crippen LogP contribution is 2.19. The smallest absolute Gasteiger partial charge is 0.253 e. The molecule has 1 atom stereocenters. The molecule has 2 aromatic carbocycles. The molecule has 0 aliphatic carbocycles. The number of carbonyl (C=O) groups excluding carboxylic acids is 1. The second kappa shape index (κ2) is 6.86. The number of rotatable bonds is 3. The van der Waals surface area contributed by atoms with Crippen molar-refractivity contribution >= 4 is 5.91 Å². The largest absolute Gasteiger partial charge is 0.335 e. The number of nitrogens with zero attached hydrogens (tertiary/aromatic N) is 4. The van der Waals surface area contributed by atoms with Gasteiger partial charge in [0.2, 0.25) is 0 Å². The van der Waals surface area contributed by atoms with E-state index < -0.39 is 0 Å². The second-order valence-electron chi connectivity index (χ2n) is 6.08. The molecule has 0 radical (unpaired) electrons. The average molecular weight is 333 g/mol. The first-order valence-electron chi connectivity index (χ1n) is 8.34. The van der Waals surface area contributed by atoms with Crippen molar-refractivity contribution in [3.63, 3.8) is 0 Å². The monoisotopic (exact) mass is 333 g/mol. The maximum atomic E-state index is 12.8. The van der Waals surface area contributed by atoms with Gasteiger partial charge in [-0.05, 0) is 29.8 Å². The molecule has 1 amide bonds. The van der Waals surface area contributed by atoms with Crippen molar-refractivity contribution in [2.24, 2.45) is 0 Å². The molecule has 4 rings (SSSR count). The highest BCUT2D eigenvalue weighted by atomic mass is 16.2. The van der Waals surface area contributed by atoms with Crippen molar-refractivity contribution in [3.8, 4) is 5.69 Å². The topological polar surface area (TPSA) is 63.1 Å². The molecule has 126 valence electrons. The van der Waals surface area contributed by atoms with E-state index in [2.05, 4.69) is 27.6 Å². The van der Waals surface area contributed by atoms with Gasteiger partial charge in [-0.1, -0.05) is 30.3 Å². The molecule has 1 aliphatic heterocycles. The molecule has 0 saturated carbocycles. The number of hydrogen-bond donors (Lipinski definition) is 1. The van der Waals surface area contributed by atoms with Crippen LogP contribution in [0.15, 0.2) is 67.3 Å². The zero-order valence-electron chi connectivity index (χ0n) is 13.7. The fourth-order valence-electron chi connectivity index (χ4n) is 3.14. The van der Waals surface area contributed by atoms with Gasteiger partial charge in [0, 0.05) is 36.9 Å². The fraction of sp³-hybridized carbons (Fsp3) is 0.211. The summed E-state index contributed by atoms with van der Waals surface area (Å²) >= 11 is 0. The van der Waals surface area contributed by atoms with Gasteiger partial charge in [0.25, 0.3) is 5.91 Å². The molecule has 25 heavy (non-hydrogen) atoms. The summed E-state index contributed by atoms with van der Waals surface area (Å²) in [5.41, 5.74) is 2.84. The van der Waals surface area contributed by atoms with Crippen LogP contribution in [0.25, 0.3) is 5.69 Å². The molecule has 1 aromatic heterocycles. The summed E-state index contributed by atoms with van der Waals surface area (Å²) in [6, 6.07) is 18.0. The lowest BCUT2D eigenvalue weighted by Gasteiger charge is -2.34. The first-order valence-corrected chi connectivity index (χ1v) is 8.34. The van der Waals surface area contributed by atoms with Crippen LogP contribution in [0.4, 0.5) is 0 Å². The van der Waals surface area contributed by atoms with Crippen molar-refractivity contribution in [3.05, 3.63) is 78.4 Å². The summed E-state index contributed by atoms with van der Waals surface area (Å²) in [7, 11) is 0. The van der Waals surface area contributed by atoms with Crippen LogP contribution in [0.1, 0.15) is 22.0 Å². The van der Waals surface area contributed by atoms with Crippen molar-refractivity contribution in [1.29, 1.82) is 0 Å². The SMILES string of the molecule is O=C(c1ccc(-n2cnnc2)cc1)N1CCNC(c2ccccc2)C1. The van der Waals surface area contributed by atoms with Crippen LogP contribution in [0, 0.1) is 0 Å². The third-order valence-corrected chi connectivity index (χ3v) is 4.50. The van der Waals surface area contributed by atoms with Gasteiger partial charge in [-0.2, -0.15) is 0 Å². The minimum absolute atomic E-state index is 0.0673. The molecular formula is C19H19N5O. The van der Waals surface area contributed by atoms with E-state index in [0.717, 1.165) is 18.8 Å². The third-order valence-electron chi connectivity index (χ3n) is 4.50. The van der Waals surface area contributed by atoms with E-state index in [9.17, 15) is 4.79 Å². The second-order valence-corrected chi connectivity index (χ2v) is 6.08. The summed E-state index contributed by atoms with van der Waals surface area (Å²) in [6.07, 6.45) is 3.27. The number of nitrogens with one attached hydrogen (secondary N) is 1. The van der Waals surface area contributed by atoms with Crippen LogP contribution < -0.4 is 5.32 Å². The van der Waals surface area contributed by atoms with Crippen LogP contribution in [0.5, 0.6) is 0 Å². The van der Waals surface area contributed by atoms with Crippen molar-refractivity contribution in [2.45, 2.75) is 6.04 Å². The van der Waals surface area contributed by atoms with Crippen LogP contribution in [-0.2, 0) is 0 Å². The Morgan fingerprint density at radius 2 is 1.72 bits per heavy atom. The van der Waals surface area contributed by atoms with E-state index in [0.29, 0.717) is 12.1 Å². The van der Waals surface area contributed by atoms with Crippen LogP contribution in [-0.4, -0.2) is 45.2 Å². The summed E-state index contributed by atoms with van der Waals surface area (Å²) < 4.78 is 1.81. The highest BCUT2D eigenvalue weighted by Gasteiger charge is 2.24. The Kier molecular flexibility index (Phi) is 4.26. The minimum Gasteiger partial charge on any atom is -0.335 e. The van der Waals surface area contributed by atoms with Gasteiger partial charge in [0.05, 0.1) is 0 Å². The number of carbonyl (C=O) groups is 1. The third kappa shape index (κ3) is 3.29. The predicted molar refractivity (Wildman–Crippen MR) is 94.4 cm³/mol. The zero-order valence-corrected chi connectivity index (χ0v) is 13.7. The number of hydrogen-bond acceptors (Lipinski definition) is 4. The number of piperazine rings is 1. The number of aromatic nitrogens is 3. The van der Waals surface area contributed by atoms with Gasteiger partial charge in [-0.25, -0.2) is 0 Å². The Bertz CT molecular complexity index is 830. The number of benzene rings is 2. The van der Waals surface area contributed by atoms with Crippen LogP contribution in [0.3, 0.4) is 0 Å². The maximum absolute atomic E-state index is 12.8. The summed E-state index contributed by atoms with van der Waals surface area (Å²) in [6.45, 7) is 2.19. The van der Waals surface area contributed by atoms with Gasteiger partial charge >= 0.3 is 0 Å². The first-order chi connectivity index (χ1) is 12.3. The molecule has 1 fully saturated rings. The first kappa shape index (κ1) is 15.5. The molecule has 1 saturated heterocycles. The van der Waals surface area contributed by atoms with Crippen LogP contribution >= 0.6 is 0 Å². The molecule has 1 aliphatic rings. The normalized spacial score (nSPS) is 17.4. The standard InChI is InChI=1S/C19H19N5O/c25-19(16-6-8-17(9-7-16)24-13-21-22-14-24)23-11-10-20-18(12-23)15-4-2-1-3-5-15/h1-9,13-14,18,20H,10-12H2. The van der Waals surface area contributed by atoms with Crippen molar-refractivity contribution < 1.29 is 4.79 Å². The van der Waals surface area contributed by atoms with Gasteiger partial charge in [0.1, 0.15) is 12.7 Å². The number of amides is 1. The summed E-state index contributed by atoms with van der Waals surface area (Å²) in [5.74, 6) is 0.0673. The lowest BCUT2D eigenvalue weighted by Crippen LogP contribution is -2.48. The average Bonchev–Trinajstić information content (AvgIpc) is 3.23. The van der Waals surface area contributed by atoms with Crippen molar-refractivity contribution in [2.75, 3.05) is 19.6 Å². The molecule has 0 bridgehead atoms. The Balaban J connectivity index is 1.48. The van der Waals surface area contributed by atoms with E-state index in [-0.39, 0.29) is 11.9 Å². The van der Waals surface area contributed by atoms with Gasteiger partial charge < -0.3 is 10.2 Å². The molecule has 6 nitrogen and oxygen atoms in total. The summed E-state index contributed by atoms with van der Waals surface area (Å²) in [4.78, 5) is 14.8. The molecule has 6 heteroatoms. The Morgan fingerprint density at radius 1 is 1.00 bits per heavy atom. The Labute approximate surface area is 146 Å². The molecule has 0 spiro atoms. The molecule has 1 N–H and O–H groups in total. The molecule has 1 unspecified atom stereocenters. The lowest BCUT2D eigenvalue weighted by molar-refractivity contribution is 0.0703. The van der Waals surface area contributed by atoms with Crippen LogP contribution in [0.2, 0.25) is 0 Å². The Morgan fingerprint density at radius 3 is 2.44 bits per heavy atom. The quantitative estimate of drug-likeness (QED) is 0.797. The zero-order chi connectivity index (χ0) is 17.1. The van der Waals surface area contributed by atoms with Gasteiger partial charge in [-0.3, -0.25) is 9.36 Å². The van der Waals surface area contributed by atoms with Gasteiger partial charge in [-0.15, -0.1) is 10.2 Å². The van der Waals surface area contributed by atoms with E-state index >= 15 is 0 Å². The highest BCUT2D eigenvalue weighted by molar-refractivity contribution is 5.94. The molecular weight excluding hydrogens is 314 g/mol. The maximum Gasteiger partial charge on any atom is 0.253 e. The van der Waals surface area contributed by atoms with Gasteiger partial charge in [0.15, 0.2) is 0 Å². The lowest BCUT2D eigenvalue weighted by atomic mass is 10.0. The molecule has 3 aromatic rings. The predicted octanol–water partition coefficient (Wildman–Crippen LogP) is 2.05. The van der Waals surface area contributed by atoms with E-state index in [1.54, 1.807) is 12.7 Å². The minimum atomic E-state index is 0.0673. The Hall–Kier alpha value is -2.99. The summed E-state index contributed by atoms with van der Waals surface area (Å²) in [5, 5.41) is 11.1. The van der Waals surface area contributed by atoms with E-state index in [1.165, 1.54) is 5.56 Å². The fourth-order valence-corrected chi connectivity index (χ4v) is 3.14. The molecule has 2 heterocycles. The van der Waals surface area contributed by atoms with E-state index in [1.807, 2.05) is 51.9 Å². The van der Waals surface area contributed by atoms with Crippen molar-refractivity contribution in [1.82, 2.24) is 25.0 Å².